The standard InChI is InChI=1S/C19H20BrClFN3OS/c1-12-15(20)10-23-17(16(12)21)25-18(27)24-11-19(6-8-26-9-7-19)13-2-4-14(22)5-3-13/h2-5,10H,6-9,11H2,1H3,(H2,23,24,25,27). The van der Waals surface area contributed by atoms with E-state index in [0.717, 1.165) is 28.4 Å². The minimum atomic E-state index is -0.238. The van der Waals surface area contributed by atoms with Gasteiger partial charge in [-0.2, -0.15) is 0 Å². The van der Waals surface area contributed by atoms with Gasteiger partial charge in [-0.15, -0.1) is 0 Å². The molecule has 8 heteroatoms. The van der Waals surface area contributed by atoms with Gasteiger partial charge in [-0.25, -0.2) is 9.37 Å². The molecule has 0 bridgehead atoms. The summed E-state index contributed by atoms with van der Waals surface area (Å²) in [5.41, 5.74) is 1.81. The average molecular weight is 473 g/mol. The van der Waals surface area contributed by atoms with Crippen molar-refractivity contribution in [3.05, 3.63) is 56.9 Å². The van der Waals surface area contributed by atoms with Crippen molar-refractivity contribution in [3.8, 4) is 0 Å². The van der Waals surface area contributed by atoms with Gasteiger partial charge in [0.1, 0.15) is 5.82 Å². The van der Waals surface area contributed by atoms with E-state index in [1.807, 2.05) is 19.1 Å². The molecule has 0 spiro atoms. The Morgan fingerprint density at radius 3 is 2.67 bits per heavy atom. The molecule has 2 aromatic rings. The Bertz CT molecular complexity index is 828. The van der Waals surface area contributed by atoms with Gasteiger partial charge in [0.2, 0.25) is 0 Å². The fourth-order valence-electron chi connectivity index (χ4n) is 3.18. The van der Waals surface area contributed by atoms with E-state index >= 15 is 0 Å². The Morgan fingerprint density at radius 1 is 1.33 bits per heavy atom. The van der Waals surface area contributed by atoms with Crippen molar-refractivity contribution in [1.29, 1.82) is 0 Å². The Labute approximate surface area is 177 Å². The molecule has 27 heavy (non-hydrogen) atoms. The zero-order valence-electron chi connectivity index (χ0n) is 14.8. The molecule has 144 valence electrons. The number of nitrogens with one attached hydrogen (secondary N) is 2. The van der Waals surface area contributed by atoms with E-state index in [0.29, 0.717) is 35.7 Å². The lowest BCUT2D eigenvalue weighted by Gasteiger charge is -2.38. The van der Waals surface area contributed by atoms with Crippen LogP contribution in [0.4, 0.5) is 10.2 Å². The summed E-state index contributed by atoms with van der Waals surface area (Å²) < 4.78 is 19.7. The fraction of sp³-hybridized carbons (Fsp3) is 0.368. The molecular formula is C19H20BrClFN3OS. The number of pyridine rings is 1. The van der Waals surface area contributed by atoms with Crippen LogP contribution in [0.15, 0.2) is 34.9 Å². The summed E-state index contributed by atoms with van der Waals surface area (Å²) in [7, 11) is 0. The van der Waals surface area contributed by atoms with E-state index in [-0.39, 0.29) is 11.2 Å². The lowest BCUT2D eigenvalue weighted by molar-refractivity contribution is 0.0515. The van der Waals surface area contributed by atoms with E-state index < -0.39 is 0 Å². The van der Waals surface area contributed by atoms with E-state index in [9.17, 15) is 4.39 Å². The monoisotopic (exact) mass is 471 g/mol. The topological polar surface area (TPSA) is 46.2 Å². The fourth-order valence-corrected chi connectivity index (χ4v) is 3.96. The van der Waals surface area contributed by atoms with Crippen molar-refractivity contribution in [2.75, 3.05) is 25.1 Å². The van der Waals surface area contributed by atoms with Crippen LogP contribution >= 0.6 is 39.7 Å². The molecule has 0 unspecified atom stereocenters. The first kappa shape index (κ1) is 20.5. The highest BCUT2D eigenvalue weighted by molar-refractivity contribution is 9.10. The van der Waals surface area contributed by atoms with Crippen molar-refractivity contribution in [2.24, 2.45) is 0 Å². The van der Waals surface area contributed by atoms with Gasteiger partial charge in [0.05, 0.1) is 5.02 Å². The van der Waals surface area contributed by atoms with Gasteiger partial charge in [0.15, 0.2) is 10.9 Å². The van der Waals surface area contributed by atoms with Gasteiger partial charge in [0.25, 0.3) is 0 Å². The summed E-state index contributed by atoms with van der Waals surface area (Å²) in [6.45, 7) is 3.85. The summed E-state index contributed by atoms with van der Waals surface area (Å²) in [4.78, 5) is 4.28. The summed E-state index contributed by atoms with van der Waals surface area (Å²) in [5.74, 6) is 0.273. The number of halogens is 3. The number of hydrogen-bond donors (Lipinski definition) is 2. The maximum Gasteiger partial charge on any atom is 0.172 e. The number of ether oxygens (including phenoxy) is 1. The largest absolute Gasteiger partial charge is 0.381 e. The molecule has 2 N–H and O–H groups in total. The van der Waals surface area contributed by atoms with E-state index in [1.165, 1.54) is 12.1 Å². The maximum absolute atomic E-state index is 13.3. The lowest BCUT2D eigenvalue weighted by Crippen LogP contribution is -2.45. The number of benzene rings is 1. The second-order valence-electron chi connectivity index (χ2n) is 6.60. The van der Waals surface area contributed by atoms with Gasteiger partial charge in [-0.3, -0.25) is 0 Å². The number of thiocarbonyl (C=S) groups is 1. The maximum atomic E-state index is 13.3. The predicted molar refractivity (Wildman–Crippen MR) is 114 cm³/mol. The third-order valence-corrected chi connectivity index (χ3v) is 6.44. The van der Waals surface area contributed by atoms with Crippen LogP contribution in [0.25, 0.3) is 0 Å². The van der Waals surface area contributed by atoms with Crippen LogP contribution in [-0.4, -0.2) is 29.9 Å². The molecule has 1 aromatic carbocycles. The van der Waals surface area contributed by atoms with Crippen LogP contribution < -0.4 is 10.6 Å². The second-order valence-corrected chi connectivity index (χ2v) is 8.24. The van der Waals surface area contributed by atoms with Crippen molar-refractivity contribution in [3.63, 3.8) is 0 Å². The van der Waals surface area contributed by atoms with Gasteiger partial charge in [-0.05, 0) is 71.2 Å². The van der Waals surface area contributed by atoms with Crippen LogP contribution in [0.5, 0.6) is 0 Å². The highest BCUT2D eigenvalue weighted by Crippen LogP contribution is 2.34. The molecule has 3 rings (SSSR count). The van der Waals surface area contributed by atoms with Gasteiger partial charge in [-0.1, -0.05) is 23.7 Å². The first-order valence-corrected chi connectivity index (χ1v) is 10.2. The summed E-state index contributed by atoms with van der Waals surface area (Å²) in [5, 5.41) is 7.30. The van der Waals surface area contributed by atoms with E-state index in [1.54, 1.807) is 6.20 Å². The molecule has 4 nitrogen and oxygen atoms in total. The molecule has 1 aromatic heterocycles. The zero-order valence-corrected chi connectivity index (χ0v) is 18.0. The Hall–Kier alpha value is -1.28. The van der Waals surface area contributed by atoms with Gasteiger partial charge in [0, 0.05) is 35.8 Å². The molecule has 1 aliphatic rings. The van der Waals surface area contributed by atoms with Crippen molar-refractivity contribution in [1.82, 2.24) is 10.3 Å². The first-order valence-electron chi connectivity index (χ1n) is 8.60. The zero-order chi connectivity index (χ0) is 19.4. The van der Waals surface area contributed by atoms with Crippen LogP contribution in [0.2, 0.25) is 5.02 Å². The number of rotatable bonds is 4. The predicted octanol–water partition coefficient (Wildman–Crippen LogP) is 4.98. The van der Waals surface area contributed by atoms with Crippen LogP contribution in [0.1, 0.15) is 24.0 Å². The van der Waals surface area contributed by atoms with E-state index in [2.05, 4.69) is 31.5 Å². The minimum Gasteiger partial charge on any atom is -0.381 e. The molecule has 0 amide bonds. The van der Waals surface area contributed by atoms with E-state index in [4.69, 9.17) is 28.6 Å². The SMILES string of the molecule is Cc1c(Br)cnc(NC(=S)NCC2(c3ccc(F)cc3)CCOCC2)c1Cl. The highest BCUT2D eigenvalue weighted by Gasteiger charge is 2.34. The normalized spacial score (nSPS) is 16.0. The molecule has 2 heterocycles. The van der Waals surface area contributed by atoms with Crippen molar-refractivity contribution in [2.45, 2.75) is 25.2 Å². The third kappa shape index (κ3) is 4.77. The molecule has 1 saturated heterocycles. The lowest BCUT2D eigenvalue weighted by atomic mass is 9.74. The minimum absolute atomic E-state index is 0.162. The van der Waals surface area contributed by atoms with Crippen LogP contribution in [0.3, 0.4) is 0 Å². The molecule has 0 atom stereocenters. The van der Waals surface area contributed by atoms with Gasteiger partial charge < -0.3 is 15.4 Å². The Kier molecular flexibility index (Phi) is 6.68. The average Bonchev–Trinajstić information content (AvgIpc) is 2.68. The van der Waals surface area contributed by atoms with Crippen molar-refractivity contribution >= 4 is 50.7 Å². The van der Waals surface area contributed by atoms with Crippen LogP contribution in [0, 0.1) is 12.7 Å². The quantitative estimate of drug-likeness (QED) is 0.615. The molecule has 0 radical (unpaired) electrons. The second kappa shape index (κ2) is 8.82. The molecule has 0 saturated carbocycles. The first-order chi connectivity index (χ1) is 12.9. The van der Waals surface area contributed by atoms with Gasteiger partial charge >= 0.3 is 0 Å². The summed E-state index contributed by atoms with van der Waals surface area (Å²) >= 11 is 15.2. The molecule has 0 aliphatic carbocycles. The third-order valence-electron chi connectivity index (χ3n) is 4.93. The number of aromatic nitrogens is 1. The Balaban J connectivity index is 1.71. The highest BCUT2D eigenvalue weighted by atomic mass is 79.9. The number of anilines is 1. The summed E-state index contributed by atoms with van der Waals surface area (Å²) in [6.07, 6.45) is 3.36. The summed E-state index contributed by atoms with van der Waals surface area (Å²) in [6, 6.07) is 6.68. The number of nitrogens with zero attached hydrogens (tertiary/aromatic N) is 1. The molecular weight excluding hydrogens is 453 g/mol. The smallest absolute Gasteiger partial charge is 0.172 e. The van der Waals surface area contributed by atoms with Crippen LogP contribution in [-0.2, 0) is 10.2 Å². The molecule has 1 fully saturated rings. The molecule has 1 aliphatic heterocycles. The number of hydrogen-bond acceptors (Lipinski definition) is 3. The Morgan fingerprint density at radius 2 is 2.00 bits per heavy atom. The van der Waals surface area contributed by atoms with Crippen molar-refractivity contribution < 1.29 is 9.13 Å².